The summed E-state index contributed by atoms with van der Waals surface area (Å²) in [5, 5.41) is 0. The maximum Gasteiger partial charge on any atom is 0.419 e. The van der Waals surface area contributed by atoms with E-state index in [9.17, 15) is 9.59 Å². The quantitative estimate of drug-likeness (QED) is 0.803. The van der Waals surface area contributed by atoms with Gasteiger partial charge in [0.2, 0.25) is 0 Å². The van der Waals surface area contributed by atoms with Crippen LogP contribution < -0.4 is 5.76 Å². The molecule has 4 heteroatoms. The van der Waals surface area contributed by atoms with Crippen molar-refractivity contribution in [3.63, 3.8) is 0 Å². The first-order valence-electron chi connectivity index (χ1n) is 7.28. The van der Waals surface area contributed by atoms with Gasteiger partial charge in [-0.1, -0.05) is 25.7 Å². The van der Waals surface area contributed by atoms with E-state index < -0.39 is 5.76 Å². The zero-order chi connectivity index (χ0) is 14.1. The van der Waals surface area contributed by atoms with E-state index in [1.165, 1.54) is 30.3 Å². The van der Waals surface area contributed by atoms with Crippen molar-refractivity contribution < 1.29 is 9.21 Å². The number of hydrogen-bond donors (Lipinski definition) is 0. The SMILES string of the molecule is Cn1c(=O)oc2cc(C(=O)CCC3CCCC3)ccc21. The number of aromatic nitrogens is 1. The molecule has 1 aromatic heterocycles. The van der Waals surface area contributed by atoms with E-state index in [1.807, 2.05) is 0 Å². The molecular formula is C16H19NO3. The lowest BCUT2D eigenvalue weighted by Gasteiger charge is -2.07. The summed E-state index contributed by atoms with van der Waals surface area (Å²) in [4.78, 5) is 23.6. The number of benzene rings is 1. The molecule has 4 nitrogen and oxygen atoms in total. The van der Waals surface area contributed by atoms with E-state index in [4.69, 9.17) is 4.42 Å². The Kier molecular flexibility index (Phi) is 3.47. The maximum atomic E-state index is 12.2. The van der Waals surface area contributed by atoms with Crippen LogP contribution in [0, 0.1) is 5.92 Å². The van der Waals surface area contributed by atoms with Gasteiger partial charge in [0.15, 0.2) is 11.4 Å². The third kappa shape index (κ3) is 2.42. The van der Waals surface area contributed by atoms with Crippen LogP contribution in [0.4, 0.5) is 0 Å². The molecule has 0 spiro atoms. The Morgan fingerprint density at radius 3 is 2.85 bits per heavy atom. The van der Waals surface area contributed by atoms with Gasteiger partial charge in [-0.3, -0.25) is 9.36 Å². The molecule has 106 valence electrons. The van der Waals surface area contributed by atoms with Gasteiger partial charge >= 0.3 is 5.76 Å². The standard InChI is InChI=1S/C16H19NO3/c1-17-13-8-7-12(10-15(13)20-16(17)19)14(18)9-6-11-4-2-3-5-11/h7-8,10-11H,2-6,9H2,1H3. The lowest BCUT2D eigenvalue weighted by Crippen LogP contribution is -2.08. The number of nitrogens with zero attached hydrogens (tertiary/aromatic N) is 1. The largest absolute Gasteiger partial charge is 0.419 e. The zero-order valence-corrected chi connectivity index (χ0v) is 11.7. The van der Waals surface area contributed by atoms with Crippen LogP contribution in [0.1, 0.15) is 48.9 Å². The van der Waals surface area contributed by atoms with E-state index in [0.29, 0.717) is 17.6 Å². The third-order valence-corrected chi connectivity index (χ3v) is 4.37. The number of carbonyl (C=O) groups is 1. The number of aryl methyl sites for hydroxylation is 1. The van der Waals surface area contributed by atoms with Gasteiger partial charge in [0.05, 0.1) is 5.52 Å². The molecule has 0 atom stereocenters. The molecule has 1 aromatic carbocycles. The predicted molar refractivity (Wildman–Crippen MR) is 77.0 cm³/mol. The lowest BCUT2D eigenvalue weighted by molar-refractivity contribution is 0.0974. The second-order valence-corrected chi connectivity index (χ2v) is 5.72. The van der Waals surface area contributed by atoms with Crippen molar-refractivity contribution in [1.82, 2.24) is 4.57 Å². The highest BCUT2D eigenvalue weighted by atomic mass is 16.4. The number of rotatable bonds is 4. The van der Waals surface area contributed by atoms with Gasteiger partial charge in [-0.25, -0.2) is 4.79 Å². The second-order valence-electron chi connectivity index (χ2n) is 5.72. The first-order chi connectivity index (χ1) is 9.65. The highest BCUT2D eigenvalue weighted by molar-refractivity contribution is 5.98. The van der Waals surface area contributed by atoms with Crippen molar-refractivity contribution in [1.29, 1.82) is 0 Å². The Hall–Kier alpha value is -1.84. The average Bonchev–Trinajstić information content (AvgIpc) is 3.05. The molecule has 3 rings (SSSR count). The average molecular weight is 273 g/mol. The van der Waals surface area contributed by atoms with Crippen LogP contribution >= 0.6 is 0 Å². The third-order valence-electron chi connectivity index (χ3n) is 4.37. The number of fused-ring (bicyclic) bond motifs is 1. The van der Waals surface area contributed by atoms with Gasteiger partial charge in [0, 0.05) is 19.0 Å². The molecule has 0 bridgehead atoms. The summed E-state index contributed by atoms with van der Waals surface area (Å²) >= 11 is 0. The molecule has 0 radical (unpaired) electrons. The van der Waals surface area contributed by atoms with Crippen LogP contribution in [-0.2, 0) is 7.05 Å². The van der Waals surface area contributed by atoms with Gasteiger partial charge in [-0.2, -0.15) is 0 Å². The molecule has 1 aliphatic rings. The van der Waals surface area contributed by atoms with Crippen molar-refractivity contribution in [2.24, 2.45) is 13.0 Å². The second kappa shape index (κ2) is 5.27. The highest BCUT2D eigenvalue weighted by Gasteiger charge is 2.17. The van der Waals surface area contributed by atoms with Gasteiger partial charge in [0.25, 0.3) is 0 Å². The van der Waals surface area contributed by atoms with Gasteiger partial charge in [-0.05, 0) is 30.5 Å². The first-order valence-corrected chi connectivity index (χ1v) is 7.28. The minimum atomic E-state index is -0.393. The zero-order valence-electron chi connectivity index (χ0n) is 11.7. The summed E-state index contributed by atoms with van der Waals surface area (Å²) in [6.45, 7) is 0. The van der Waals surface area contributed by atoms with Crippen LogP contribution in [0.15, 0.2) is 27.4 Å². The fourth-order valence-electron chi connectivity index (χ4n) is 3.09. The molecule has 1 heterocycles. The molecule has 0 saturated heterocycles. The maximum absolute atomic E-state index is 12.2. The van der Waals surface area contributed by atoms with E-state index in [-0.39, 0.29) is 5.78 Å². The van der Waals surface area contributed by atoms with Crippen molar-refractivity contribution in [3.05, 3.63) is 34.3 Å². The monoisotopic (exact) mass is 273 g/mol. The van der Waals surface area contributed by atoms with Crippen molar-refractivity contribution in [2.45, 2.75) is 38.5 Å². The molecular weight excluding hydrogens is 254 g/mol. The Morgan fingerprint density at radius 2 is 2.10 bits per heavy atom. The molecule has 0 unspecified atom stereocenters. The molecule has 2 aromatic rings. The van der Waals surface area contributed by atoms with Crippen LogP contribution in [0.2, 0.25) is 0 Å². The minimum Gasteiger partial charge on any atom is -0.408 e. The summed E-state index contributed by atoms with van der Waals surface area (Å²) in [7, 11) is 1.66. The summed E-state index contributed by atoms with van der Waals surface area (Å²) < 4.78 is 6.57. The predicted octanol–water partition coefficient (Wildman–Crippen LogP) is 3.28. The van der Waals surface area contributed by atoms with E-state index in [0.717, 1.165) is 17.9 Å². The van der Waals surface area contributed by atoms with Crippen molar-refractivity contribution in [3.8, 4) is 0 Å². The summed E-state index contributed by atoms with van der Waals surface area (Å²) in [6.07, 6.45) is 6.71. The topological polar surface area (TPSA) is 52.2 Å². The highest BCUT2D eigenvalue weighted by Crippen LogP contribution is 2.29. The smallest absolute Gasteiger partial charge is 0.408 e. The molecule has 1 saturated carbocycles. The fraction of sp³-hybridized carbons (Fsp3) is 0.500. The Bertz CT molecular complexity index is 689. The number of Topliss-reactive ketones (excluding diaryl/α,β-unsaturated/α-hetero) is 1. The Labute approximate surface area is 117 Å². The molecule has 0 aliphatic heterocycles. The Balaban J connectivity index is 1.75. The summed E-state index contributed by atoms with van der Waals surface area (Å²) in [6, 6.07) is 5.25. The van der Waals surface area contributed by atoms with Crippen LogP contribution in [0.25, 0.3) is 11.1 Å². The Morgan fingerprint density at radius 1 is 1.35 bits per heavy atom. The van der Waals surface area contributed by atoms with Gasteiger partial charge in [0.1, 0.15) is 0 Å². The van der Waals surface area contributed by atoms with Crippen LogP contribution in [-0.4, -0.2) is 10.4 Å². The summed E-state index contributed by atoms with van der Waals surface area (Å²) in [5.74, 6) is 0.471. The number of hydrogen-bond acceptors (Lipinski definition) is 3. The molecule has 0 amide bonds. The normalized spacial score (nSPS) is 16.1. The number of oxazole rings is 1. The minimum absolute atomic E-state index is 0.144. The molecule has 1 aliphatic carbocycles. The van der Waals surface area contributed by atoms with E-state index >= 15 is 0 Å². The van der Waals surface area contributed by atoms with Crippen LogP contribution in [0.5, 0.6) is 0 Å². The van der Waals surface area contributed by atoms with Crippen molar-refractivity contribution >= 4 is 16.9 Å². The fourth-order valence-corrected chi connectivity index (χ4v) is 3.09. The lowest BCUT2D eigenvalue weighted by atomic mass is 9.97. The number of ketones is 1. The van der Waals surface area contributed by atoms with E-state index in [2.05, 4.69) is 0 Å². The van der Waals surface area contributed by atoms with E-state index in [1.54, 1.807) is 25.2 Å². The first kappa shape index (κ1) is 13.2. The van der Waals surface area contributed by atoms with Gasteiger partial charge in [-0.15, -0.1) is 0 Å². The van der Waals surface area contributed by atoms with Crippen LogP contribution in [0.3, 0.4) is 0 Å². The molecule has 0 N–H and O–H groups in total. The molecule has 1 fully saturated rings. The summed E-state index contributed by atoms with van der Waals surface area (Å²) in [5.41, 5.74) is 1.86. The number of carbonyl (C=O) groups excluding carboxylic acids is 1. The van der Waals surface area contributed by atoms with Gasteiger partial charge < -0.3 is 4.42 Å². The van der Waals surface area contributed by atoms with Crippen molar-refractivity contribution in [2.75, 3.05) is 0 Å². The molecule has 20 heavy (non-hydrogen) atoms.